The van der Waals surface area contributed by atoms with Crippen molar-refractivity contribution in [1.82, 2.24) is 5.32 Å². The summed E-state index contributed by atoms with van der Waals surface area (Å²) in [6.07, 6.45) is 0.329. The number of nitrogens with one attached hydrogen (secondary N) is 1. The van der Waals surface area contributed by atoms with E-state index in [2.05, 4.69) is 5.32 Å². The van der Waals surface area contributed by atoms with Gasteiger partial charge in [0.15, 0.2) is 0 Å². The molecule has 98 valence electrons. The number of carbonyl (C=O) groups excluding carboxylic acids is 1. The van der Waals surface area contributed by atoms with Gasteiger partial charge in [-0.1, -0.05) is 19.1 Å². The summed E-state index contributed by atoms with van der Waals surface area (Å²) in [5.41, 5.74) is 1.12. The summed E-state index contributed by atoms with van der Waals surface area (Å²) in [6.45, 7) is 3.48. The van der Waals surface area contributed by atoms with Crippen LogP contribution in [0.1, 0.15) is 29.3 Å². The molecule has 0 fully saturated rings. The van der Waals surface area contributed by atoms with Gasteiger partial charge in [-0.2, -0.15) is 0 Å². The maximum absolute atomic E-state index is 12.1. The van der Waals surface area contributed by atoms with E-state index < -0.39 is 17.9 Å². The number of carboxylic acid groups (broad SMARTS) is 1. The summed E-state index contributed by atoms with van der Waals surface area (Å²) in [5, 5.41) is 11.4. The van der Waals surface area contributed by atoms with Crippen molar-refractivity contribution in [2.75, 3.05) is 7.11 Å². The molecule has 0 bridgehead atoms. The van der Waals surface area contributed by atoms with Gasteiger partial charge in [0, 0.05) is 0 Å². The van der Waals surface area contributed by atoms with Crippen molar-refractivity contribution in [2.24, 2.45) is 0 Å². The molecule has 0 aliphatic heterocycles. The van der Waals surface area contributed by atoms with Gasteiger partial charge >= 0.3 is 5.97 Å². The minimum Gasteiger partial charge on any atom is -0.496 e. The third kappa shape index (κ3) is 3.00. The van der Waals surface area contributed by atoms with Crippen molar-refractivity contribution < 1.29 is 19.4 Å². The molecule has 1 atom stereocenters. The number of hydrogen-bond donors (Lipinski definition) is 2. The molecule has 1 unspecified atom stereocenters. The van der Waals surface area contributed by atoms with Crippen LogP contribution in [0.3, 0.4) is 0 Å². The molecule has 0 radical (unpaired) electrons. The molecule has 0 spiro atoms. The van der Waals surface area contributed by atoms with E-state index in [4.69, 9.17) is 9.84 Å². The van der Waals surface area contributed by atoms with Crippen LogP contribution < -0.4 is 10.1 Å². The molecule has 0 aliphatic carbocycles. The lowest BCUT2D eigenvalue weighted by atomic mass is 10.1. The fourth-order valence-electron chi connectivity index (χ4n) is 1.67. The zero-order valence-corrected chi connectivity index (χ0v) is 10.7. The van der Waals surface area contributed by atoms with Gasteiger partial charge < -0.3 is 15.2 Å². The number of benzene rings is 1. The van der Waals surface area contributed by atoms with Crippen LogP contribution in [0.15, 0.2) is 18.2 Å². The summed E-state index contributed by atoms with van der Waals surface area (Å²) in [4.78, 5) is 23.0. The van der Waals surface area contributed by atoms with Crippen LogP contribution in [-0.2, 0) is 4.79 Å². The molecule has 1 rings (SSSR count). The van der Waals surface area contributed by atoms with E-state index in [-0.39, 0.29) is 0 Å². The van der Waals surface area contributed by atoms with Gasteiger partial charge in [-0.25, -0.2) is 4.79 Å². The van der Waals surface area contributed by atoms with E-state index in [1.807, 2.05) is 0 Å². The highest BCUT2D eigenvalue weighted by molar-refractivity contribution is 6.00. The lowest BCUT2D eigenvalue weighted by molar-refractivity contribution is -0.139. The quantitative estimate of drug-likeness (QED) is 0.833. The molecule has 2 N–H and O–H groups in total. The van der Waals surface area contributed by atoms with Crippen molar-refractivity contribution in [3.05, 3.63) is 29.3 Å². The third-order valence-electron chi connectivity index (χ3n) is 2.69. The van der Waals surface area contributed by atoms with Crippen molar-refractivity contribution in [1.29, 1.82) is 0 Å². The molecule has 0 aliphatic rings. The SMILES string of the molecule is CCC(NC(=O)c1c(C)cccc1OC)C(=O)O. The van der Waals surface area contributed by atoms with Crippen molar-refractivity contribution in [3.8, 4) is 5.75 Å². The molecular formula is C13H17NO4. The van der Waals surface area contributed by atoms with E-state index in [1.165, 1.54) is 7.11 Å². The molecule has 1 amide bonds. The fourth-order valence-corrected chi connectivity index (χ4v) is 1.67. The summed E-state index contributed by atoms with van der Waals surface area (Å²) >= 11 is 0. The Balaban J connectivity index is 3.00. The van der Waals surface area contributed by atoms with Crippen LogP contribution in [0.4, 0.5) is 0 Å². The van der Waals surface area contributed by atoms with E-state index in [9.17, 15) is 9.59 Å². The molecule has 0 saturated heterocycles. The molecule has 18 heavy (non-hydrogen) atoms. The minimum atomic E-state index is -1.04. The van der Waals surface area contributed by atoms with Crippen molar-refractivity contribution >= 4 is 11.9 Å². The summed E-state index contributed by atoms with van der Waals surface area (Å²) in [6, 6.07) is 4.34. The van der Waals surface area contributed by atoms with Crippen LogP contribution in [-0.4, -0.2) is 30.1 Å². The first-order valence-corrected chi connectivity index (χ1v) is 5.68. The van der Waals surface area contributed by atoms with Crippen molar-refractivity contribution in [2.45, 2.75) is 26.3 Å². The number of aliphatic carboxylic acids is 1. The smallest absolute Gasteiger partial charge is 0.326 e. The third-order valence-corrected chi connectivity index (χ3v) is 2.69. The zero-order chi connectivity index (χ0) is 13.7. The Hall–Kier alpha value is -2.04. The standard InChI is InChI=1S/C13H17NO4/c1-4-9(13(16)17)14-12(15)11-8(2)6-5-7-10(11)18-3/h5-7,9H,4H2,1-3H3,(H,14,15)(H,16,17). The second-order valence-corrected chi connectivity index (χ2v) is 3.92. The van der Waals surface area contributed by atoms with Gasteiger partial charge in [0.25, 0.3) is 5.91 Å². The Morgan fingerprint density at radius 3 is 2.61 bits per heavy atom. The van der Waals surface area contributed by atoms with Gasteiger partial charge in [-0.05, 0) is 25.0 Å². The van der Waals surface area contributed by atoms with Crippen molar-refractivity contribution in [3.63, 3.8) is 0 Å². The highest BCUT2D eigenvalue weighted by Crippen LogP contribution is 2.21. The van der Waals surface area contributed by atoms with Gasteiger partial charge in [0.1, 0.15) is 11.8 Å². The molecule has 0 heterocycles. The molecule has 0 saturated carbocycles. The highest BCUT2D eigenvalue weighted by Gasteiger charge is 2.21. The number of amides is 1. The molecule has 5 nitrogen and oxygen atoms in total. The zero-order valence-electron chi connectivity index (χ0n) is 10.7. The maximum atomic E-state index is 12.1. The average molecular weight is 251 g/mol. The first kappa shape index (κ1) is 14.0. The Kier molecular flexibility index (Phi) is 4.71. The van der Waals surface area contributed by atoms with Crippen LogP contribution in [0.25, 0.3) is 0 Å². The maximum Gasteiger partial charge on any atom is 0.326 e. The van der Waals surface area contributed by atoms with Gasteiger partial charge in [0.2, 0.25) is 0 Å². The average Bonchev–Trinajstić information content (AvgIpc) is 2.34. The second-order valence-electron chi connectivity index (χ2n) is 3.92. The van der Waals surface area contributed by atoms with Crippen LogP contribution >= 0.6 is 0 Å². The van der Waals surface area contributed by atoms with E-state index >= 15 is 0 Å². The first-order valence-electron chi connectivity index (χ1n) is 5.68. The van der Waals surface area contributed by atoms with E-state index in [0.29, 0.717) is 17.7 Å². The molecule has 1 aromatic rings. The summed E-state index contributed by atoms with van der Waals surface area (Å²) in [5.74, 6) is -1.04. The number of carbonyl (C=O) groups is 2. The number of carboxylic acids is 1. The predicted molar refractivity (Wildman–Crippen MR) is 66.9 cm³/mol. The van der Waals surface area contributed by atoms with Gasteiger partial charge in [-0.15, -0.1) is 0 Å². The summed E-state index contributed by atoms with van der Waals surface area (Å²) in [7, 11) is 1.47. The Labute approximate surface area is 106 Å². The van der Waals surface area contributed by atoms with Gasteiger partial charge in [-0.3, -0.25) is 4.79 Å². The molecule has 0 aromatic heterocycles. The minimum absolute atomic E-state index is 0.329. The Morgan fingerprint density at radius 1 is 1.44 bits per heavy atom. The number of methoxy groups -OCH3 is 1. The molecule has 1 aromatic carbocycles. The summed E-state index contributed by atoms with van der Waals surface area (Å²) < 4.78 is 5.11. The lowest BCUT2D eigenvalue weighted by Crippen LogP contribution is -2.40. The number of aryl methyl sites for hydroxylation is 1. The van der Waals surface area contributed by atoms with E-state index in [1.54, 1.807) is 32.0 Å². The number of rotatable bonds is 5. The monoisotopic (exact) mass is 251 g/mol. The molecule has 5 heteroatoms. The van der Waals surface area contributed by atoms with Crippen LogP contribution in [0, 0.1) is 6.92 Å². The number of hydrogen-bond acceptors (Lipinski definition) is 3. The van der Waals surface area contributed by atoms with E-state index in [0.717, 1.165) is 5.56 Å². The van der Waals surface area contributed by atoms with Gasteiger partial charge in [0.05, 0.1) is 12.7 Å². The largest absolute Gasteiger partial charge is 0.496 e. The Morgan fingerprint density at radius 2 is 2.11 bits per heavy atom. The first-order chi connectivity index (χ1) is 8.51. The topological polar surface area (TPSA) is 75.6 Å². The van der Waals surface area contributed by atoms with Crippen LogP contribution in [0.5, 0.6) is 5.75 Å². The lowest BCUT2D eigenvalue weighted by Gasteiger charge is -2.15. The Bertz CT molecular complexity index is 456. The predicted octanol–water partition coefficient (Wildman–Crippen LogP) is 1.60. The normalized spacial score (nSPS) is 11.7. The van der Waals surface area contributed by atoms with Crippen LogP contribution in [0.2, 0.25) is 0 Å². The highest BCUT2D eigenvalue weighted by atomic mass is 16.5. The second kappa shape index (κ2) is 6.05. The fraction of sp³-hybridized carbons (Fsp3) is 0.385. The number of ether oxygens (including phenoxy) is 1. The molecular weight excluding hydrogens is 234 g/mol.